The number of benzene rings is 1. The van der Waals surface area contributed by atoms with Crippen molar-refractivity contribution in [2.75, 3.05) is 0 Å². The number of rotatable bonds is 1. The molecule has 4 heteroatoms. The predicted octanol–water partition coefficient (Wildman–Crippen LogP) is 2.31. The maximum Gasteiger partial charge on any atom is 0.336 e. The molecule has 2 N–H and O–H groups in total. The number of nitrogens with one attached hydrogen (secondary N) is 1. The standard InChI is InChI=1S/C10H8FNO2/c1-5-4-7-6(10(13)14)2-3-8(11)9(7)12-5/h2-4,12H,1H3,(H,13,14). The van der Waals surface area contributed by atoms with Gasteiger partial charge in [-0.1, -0.05) is 0 Å². The molecule has 0 aliphatic carbocycles. The molecule has 0 radical (unpaired) electrons. The molecule has 0 saturated heterocycles. The lowest BCUT2D eigenvalue weighted by Crippen LogP contribution is -1.97. The van der Waals surface area contributed by atoms with Crippen LogP contribution in [0.4, 0.5) is 4.39 Å². The molecule has 0 spiro atoms. The molecular weight excluding hydrogens is 185 g/mol. The minimum atomic E-state index is -1.05. The number of hydrogen-bond acceptors (Lipinski definition) is 1. The molecule has 0 aliphatic rings. The van der Waals surface area contributed by atoms with Gasteiger partial charge in [-0.15, -0.1) is 0 Å². The number of carbonyl (C=O) groups is 1. The second kappa shape index (κ2) is 2.83. The molecule has 0 saturated carbocycles. The van der Waals surface area contributed by atoms with E-state index in [0.717, 1.165) is 11.8 Å². The Labute approximate surface area is 79.2 Å². The van der Waals surface area contributed by atoms with Crippen molar-refractivity contribution < 1.29 is 14.3 Å². The molecule has 14 heavy (non-hydrogen) atoms. The quantitative estimate of drug-likeness (QED) is 0.730. The molecule has 0 aliphatic heterocycles. The largest absolute Gasteiger partial charge is 0.478 e. The summed E-state index contributed by atoms with van der Waals surface area (Å²) >= 11 is 0. The van der Waals surface area contributed by atoms with Crippen LogP contribution >= 0.6 is 0 Å². The summed E-state index contributed by atoms with van der Waals surface area (Å²) in [5.41, 5.74) is 1.11. The van der Waals surface area contributed by atoms with Crippen molar-refractivity contribution in [3.05, 3.63) is 35.3 Å². The summed E-state index contributed by atoms with van der Waals surface area (Å²) in [6, 6.07) is 4.05. The first-order chi connectivity index (χ1) is 6.59. The van der Waals surface area contributed by atoms with E-state index in [9.17, 15) is 9.18 Å². The first kappa shape index (κ1) is 8.74. The highest BCUT2D eigenvalue weighted by Crippen LogP contribution is 2.22. The van der Waals surface area contributed by atoms with Crippen LogP contribution in [0.2, 0.25) is 0 Å². The number of carboxylic acid groups (broad SMARTS) is 1. The monoisotopic (exact) mass is 193 g/mol. The Kier molecular flexibility index (Phi) is 1.77. The summed E-state index contributed by atoms with van der Waals surface area (Å²) in [6.07, 6.45) is 0. The number of aromatic nitrogens is 1. The van der Waals surface area contributed by atoms with Gasteiger partial charge in [0.1, 0.15) is 5.82 Å². The summed E-state index contributed by atoms with van der Waals surface area (Å²) in [6.45, 7) is 1.76. The fourth-order valence-corrected chi connectivity index (χ4v) is 1.51. The number of hydrogen-bond donors (Lipinski definition) is 2. The Balaban J connectivity index is 2.87. The average Bonchev–Trinajstić information content (AvgIpc) is 2.47. The molecule has 0 fully saturated rings. The molecule has 1 heterocycles. The fraction of sp³-hybridized carbons (Fsp3) is 0.100. The maximum atomic E-state index is 13.2. The van der Waals surface area contributed by atoms with E-state index in [4.69, 9.17) is 5.11 Å². The van der Waals surface area contributed by atoms with Crippen molar-refractivity contribution >= 4 is 16.9 Å². The molecular formula is C10H8FNO2. The van der Waals surface area contributed by atoms with Crippen LogP contribution in [0.3, 0.4) is 0 Å². The number of aromatic amines is 1. The number of aromatic carboxylic acids is 1. The van der Waals surface area contributed by atoms with Gasteiger partial charge in [-0.25, -0.2) is 9.18 Å². The molecule has 3 nitrogen and oxygen atoms in total. The molecule has 0 atom stereocenters. The third-order valence-corrected chi connectivity index (χ3v) is 2.11. The van der Waals surface area contributed by atoms with Crippen LogP contribution in [0, 0.1) is 12.7 Å². The van der Waals surface area contributed by atoms with E-state index in [1.54, 1.807) is 13.0 Å². The van der Waals surface area contributed by atoms with Gasteiger partial charge < -0.3 is 10.1 Å². The van der Waals surface area contributed by atoms with Crippen LogP contribution in [0.25, 0.3) is 10.9 Å². The molecule has 1 aromatic heterocycles. The lowest BCUT2D eigenvalue weighted by Gasteiger charge is -1.97. The van der Waals surface area contributed by atoms with E-state index in [1.807, 2.05) is 0 Å². The summed E-state index contributed by atoms with van der Waals surface area (Å²) in [4.78, 5) is 13.6. The van der Waals surface area contributed by atoms with E-state index in [1.165, 1.54) is 6.07 Å². The van der Waals surface area contributed by atoms with Gasteiger partial charge in [-0.3, -0.25) is 0 Å². The SMILES string of the molecule is Cc1cc2c(C(=O)O)ccc(F)c2[nH]1. The van der Waals surface area contributed by atoms with Gasteiger partial charge in [0.2, 0.25) is 0 Å². The molecule has 72 valence electrons. The Hall–Kier alpha value is -1.84. The van der Waals surface area contributed by atoms with Crippen LogP contribution in [-0.4, -0.2) is 16.1 Å². The Morgan fingerprint density at radius 2 is 2.21 bits per heavy atom. The summed E-state index contributed by atoms with van der Waals surface area (Å²) in [5.74, 6) is -1.48. The normalized spacial score (nSPS) is 10.7. The van der Waals surface area contributed by atoms with Crippen LogP contribution in [0.15, 0.2) is 18.2 Å². The van der Waals surface area contributed by atoms with Gasteiger partial charge in [0, 0.05) is 11.1 Å². The number of aryl methyl sites for hydroxylation is 1. The number of halogens is 1. The summed E-state index contributed by atoms with van der Waals surface area (Å²) in [5, 5.41) is 9.26. The topological polar surface area (TPSA) is 53.1 Å². The van der Waals surface area contributed by atoms with Gasteiger partial charge in [0.25, 0.3) is 0 Å². The third kappa shape index (κ3) is 1.16. The second-order valence-corrected chi connectivity index (χ2v) is 3.14. The molecule has 2 rings (SSSR count). The second-order valence-electron chi connectivity index (χ2n) is 3.14. The molecule has 1 aromatic carbocycles. The van der Waals surface area contributed by atoms with Crippen molar-refractivity contribution in [3.8, 4) is 0 Å². The average molecular weight is 193 g/mol. The van der Waals surface area contributed by atoms with E-state index in [0.29, 0.717) is 5.39 Å². The van der Waals surface area contributed by atoms with E-state index >= 15 is 0 Å². The van der Waals surface area contributed by atoms with E-state index < -0.39 is 11.8 Å². The smallest absolute Gasteiger partial charge is 0.336 e. The van der Waals surface area contributed by atoms with Crippen LogP contribution in [0.5, 0.6) is 0 Å². The summed E-state index contributed by atoms with van der Waals surface area (Å²) < 4.78 is 13.2. The predicted molar refractivity (Wildman–Crippen MR) is 50.0 cm³/mol. The Bertz CT molecular complexity index is 516. The molecule has 2 aromatic rings. The van der Waals surface area contributed by atoms with Crippen molar-refractivity contribution in [1.29, 1.82) is 0 Å². The van der Waals surface area contributed by atoms with Gasteiger partial charge in [0.05, 0.1) is 11.1 Å². The number of fused-ring (bicyclic) bond motifs is 1. The van der Waals surface area contributed by atoms with Crippen LogP contribution < -0.4 is 0 Å². The lowest BCUT2D eigenvalue weighted by atomic mass is 10.1. The number of H-pyrrole nitrogens is 1. The van der Waals surface area contributed by atoms with Gasteiger partial charge >= 0.3 is 5.97 Å². The minimum Gasteiger partial charge on any atom is -0.478 e. The van der Waals surface area contributed by atoms with Crippen molar-refractivity contribution in [1.82, 2.24) is 4.98 Å². The Morgan fingerprint density at radius 1 is 1.50 bits per heavy atom. The van der Waals surface area contributed by atoms with Crippen molar-refractivity contribution in [2.24, 2.45) is 0 Å². The summed E-state index contributed by atoms with van der Waals surface area (Å²) in [7, 11) is 0. The molecule has 0 bridgehead atoms. The van der Waals surface area contributed by atoms with Crippen LogP contribution in [-0.2, 0) is 0 Å². The molecule has 0 unspecified atom stereocenters. The maximum absolute atomic E-state index is 13.2. The third-order valence-electron chi connectivity index (χ3n) is 2.11. The van der Waals surface area contributed by atoms with E-state index in [-0.39, 0.29) is 11.1 Å². The zero-order valence-electron chi connectivity index (χ0n) is 7.47. The van der Waals surface area contributed by atoms with Crippen molar-refractivity contribution in [3.63, 3.8) is 0 Å². The Morgan fingerprint density at radius 3 is 2.86 bits per heavy atom. The first-order valence-corrected chi connectivity index (χ1v) is 4.10. The van der Waals surface area contributed by atoms with Crippen molar-refractivity contribution in [2.45, 2.75) is 6.92 Å². The highest BCUT2D eigenvalue weighted by molar-refractivity contribution is 6.03. The van der Waals surface area contributed by atoms with Crippen LogP contribution in [0.1, 0.15) is 16.1 Å². The minimum absolute atomic E-state index is 0.116. The van der Waals surface area contributed by atoms with Gasteiger partial charge in [-0.2, -0.15) is 0 Å². The lowest BCUT2D eigenvalue weighted by molar-refractivity contribution is 0.0699. The zero-order chi connectivity index (χ0) is 10.3. The first-order valence-electron chi connectivity index (χ1n) is 4.10. The van der Waals surface area contributed by atoms with Gasteiger partial charge in [0.15, 0.2) is 0 Å². The number of carboxylic acids is 1. The molecule has 0 amide bonds. The fourth-order valence-electron chi connectivity index (χ4n) is 1.51. The van der Waals surface area contributed by atoms with Gasteiger partial charge in [-0.05, 0) is 25.1 Å². The highest BCUT2D eigenvalue weighted by Gasteiger charge is 2.12. The highest BCUT2D eigenvalue weighted by atomic mass is 19.1. The van der Waals surface area contributed by atoms with E-state index in [2.05, 4.69) is 4.98 Å². The zero-order valence-corrected chi connectivity index (χ0v) is 7.47.